The van der Waals surface area contributed by atoms with Gasteiger partial charge >= 0.3 is 0 Å². The van der Waals surface area contributed by atoms with Gasteiger partial charge in [-0.2, -0.15) is 0 Å². The molecule has 1 unspecified atom stereocenters. The van der Waals surface area contributed by atoms with Gasteiger partial charge in [0.05, 0.1) is 5.60 Å². The van der Waals surface area contributed by atoms with Gasteiger partial charge < -0.3 is 10.4 Å². The van der Waals surface area contributed by atoms with E-state index in [1.807, 2.05) is 43.3 Å². The second kappa shape index (κ2) is 6.68. The first-order valence-corrected chi connectivity index (χ1v) is 7.34. The molecule has 4 heteroatoms. The Bertz CT molecular complexity index is 567. The lowest BCUT2D eigenvalue weighted by Gasteiger charge is -2.24. The maximum Gasteiger partial charge on any atom is 0.133 e. The van der Waals surface area contributed by atoms with Crippen molar-refractivity contribution < 1.29 is 5.11 Å². The van der Waals surface area contributed by atoms with Crippen LogP contribution in [0, 0.1) is 0 Å². The lowest BCUT2D eigenvalue weighted by molar-refractivity contribution is 0.0515. The van der Waals surface area contributed by atoms with Crippen molar-refractivity contribution >= 4 is 5.82 Å². The average molecular weight is 285 g/mol. The summed E-state index contributed by atoms with van der Waals surface area (Å²) in [5.74, 6) is 1.94. The van der Waals surface area contributed by atoms with E-state index in [4.69, 9.17) is 0 Å². The fourth-order valence-electron chi connectivity index (χ4n) is 2.13. The summed E-state index contributed by atoms with van der Waals surface area (Å²) in [6.07, 6.45) is 2.37. The monoisotopic (exact) mass is 285 g/mol. The van der Waals surface area contributed by atoms with Crippen LogP contribution in [0.15, 0.2) is 42.6 Å². The number of aromatic nitrogens is 2. The van der Waals surface area contributed by atoms with Crippen LogP contribution in [-0.2, 0) is 5.60 Å². The van der Waals surface area contributed by atoms with Crippen molar-refractivity contribution in [2.24, 2.45) is 0 Å². The summed E-state index contributed by atoms with van der Waals surface area (Å²) < 4.78 is 0. The molecule has 0 aliphatic heterocycles. The molecule has 0 aliphatic carbocycles. The first kappa shape index (κ1) is 15.4. The van der Waals surface area contributed by atoms with Gasteiger partial charge in [-0.25, -0.2) is 9.97 Å². The third-order valence-corrected chi connectivity index (χ3v) is 3.50. The highest BCUT2D eigenvalue weighted by molar-refractivity contribution is 5.33. The number of nitrogens with zero attached hydrogens (tertiary/aromatic N) is 2. The standard InChI is InChI=1S/C17H23N3O/c1-13(2)16-19-11-9-15(20-16)18-12-10-17(3,21)14-7-5-4-6-8-14/h4-9,11,13,21H,10,12H2,1-3H3,(H,18,19,20). The van der Waals surface area contributed by atoms with Gasteiger partial charge in [0.25, 0.3) is 0 Å². The Balaban J connectivity index is 1.93. The number of anilines is 1. The third-order valence-electron chi connectivity index (χ3n) is 3.50. The lowest BCUT2D eigenvalue weighted by Crippen LogP contribution is -2.24. The van der Waals surface area contributed by atoms with Gasteiger partial charge in [-0.1, -0.05) is 44.2 Å². The van der Waals surface area contributed by atoms with E-state index in [-0.39, 0.29) is 0 Å². The fourth-order valence-corrected chi connectivity index (χ4v) is 2.13. The minimum absolute atomic E-state index is 0.305. The van der Waals surface area contributed by atoms with Gasteiger partial charge in [-0.3, -0.25) is 0 Å². The molecule has 2 N–H and O–H groups in total. The molecule has 4 nitrogen and oxygen atoms in total. The lowest BCUT2D eigenvalue weighted by atomic mass is 9.93. The van der Waals surface area contributed by atoms with E-state index in [2.05, 4.69) is 29.1 Å². The van der Waals surface area contributed by atoms with Crippen molar-refractivity contribution in [3.8, 4) is 0 Å². The smallest absolute Gasteiger partial charge is 0.133 e. The molecular weight excluding hydrogens is 262 g/mol. The largest absolute Gasteiger partial charge is 0.385 e. The number of hydrogen-bond donors (Lipinski definition) is 2. The van der Waals surface area contributed by atoms with Crippen LogP contribution in [0.25, 0.3) is 0 Å². The van der Waals surface area contributed by atoms with Crippen LogP contribution in [-0.4, -0.2) is 21.6 Å². The minimum atomic E-state index is -0.845. The fraction of sp³-hybridized carbons (Fsp3) is 0.412. The van der Waals surface area contributed by atoms with Crippen LogP contribution in [0.5, 0.6) is 0 Å². The van der Waals surface area contributed by atoms with Crippen molar-refractivity contribution in [3.63, 3.8) is 0 Å². The molecule has 2 rings (SSSR count). The highest BCUT2D eigenvalue weighted by Gasteiger charge is 2.22. The summed E-state index contributed by atoms with van der Waals surface area (Å²) in [5, 5.41) is 13.8. The van der Waals surface area contributed by atoms with E-state index in [1.54, 1.807) is 6.20 Å². The van der Waals surface area contributed by atoms with Crippen LogP contribution >= 0.6 is 0 Å². The van der Waals surface area contributed by atoms with E-state index in [1.165, 1.54) is 0 Å². The molecule has 1 aromatic carbocycles. The van der Waals surface area contributed by atoms with Crippen molar-refractivity contribution in [2.75, 3.05) is 11.9 Å². The van der Waals surface area contributed by atoms with Gasteiger partial charge in [0.2, 0.25) is 0 Å². The molecule has 1 atom stereocenters. The summed E-state index contributed by atoms with van der Waals surface area (Å²) in [4.78, 5) is 8.70. The first-order chi connectivity index (χ1) is 9.99. The molecule has 112 valence electrons. The van der Waals surface area contributed by atoms with E-state index < -0.39 is 5.60 Å². The Morgan fingerprint density at radius 1 is 1.19 bits per heavy atom. The predicted octanol–water partition coefficient (Wildman–Crippen LogP) is 3.31. The molecule has 1 aromatic heterocycles. The Kier molecular flexibility index (Phi) is 4.91. The molecule has 0 saturated heterocycles. The van der Waals surface area contributed by atoms with Crippen LogP contribution < -0.4 is 5.32 Å². The molecule has 0 spiro atoms. The summed E-state index contributed by atoms with van der Waals surface area (Å²) in [7, 11) is 0. The zero-order chi connectivity index (χ0) is 15.3. The second-order valence-electron chi connectivity index (χ2n) is 5.77. The maximum atomic E-state index is 10.5. The van der Waals surface area contributed by atoms with Gasteiger partial charge in [-0.05, 0) is 25.0 Å². The van der Waals surface area contributed by atoms with Crippen molar-refractivity contribution in [3.05, 3.63) is 54.0 Å². The van der Waals surface area contributed by atoms with E-state index in [0.717, 1.165) is 17.2 Å². The zero-order valence-electron chi connectivity index (χ0n) is 12.9. The maximum absolute atomic E-state index is 10.5. The number of rotatable bonds is 6. The van der Waals surface area contributed by atoms with Gasteiger partial charge in [0.15, 0.2) is 0 Å². The Morgan fingerprint density at radius 2 is 1.90 bits per heavy atom. The van der Waals surface area contributed by atoms with Crippen molar-refractivity contribution in [1.29, 1.82) is 0 Å². The topological polar surface area (TPSA) is 58.0 Å². The van der Waals surface area contributed by atoms with Crippen LogP contribution in [0.3, 0.4) is 0 Å². The van der Waals surface area contributed by atoms with Crippen molar-refractivity contribution in [1.82, 2.24) is 9.97 Å². The molecule has 0 saturated carbocycles. The summed E-state index contributed by atoms with van der Waals surface area (Å²) in [6.45, 7) is 6.62. The Hall–Kier alpha value is -1.94. The summed E-state index contributed by atoms with van der Waals surface area (Å²) >= 11 is 0. The SMILES string of the molecule is CC(C)c1nccc(NCCC(C)(O)c2ccccc2)n1. The van der Waals surface area contributed by atoms with Crippen molar-refractivity contribution in [2.45, 2.75) is 38.7 Å². The molecule has 0 aliphatic rings. The molecule has 0 fully saturated rings. The van der Waals surface area contributed by atoms with E-state index in [0.29, 0.717) is 18.9 Å². The molecule has 21 heavy (non-hydrogen) atoms. The molecule has 0 radical (unpaired) electrons. The number of hydrogen-bond acceptors (Lipinski definition) is 4. The summed E-state index contributed by atoms with van der Waals surface area (Å²) in [6, 6.07) is 11.6. The van der Waals surface area contributed by atoms with Crippen LogP contribution in [0.2, 0.25) is 0 Å². The molecule has 2 aromatic rings. The van der Waals surface area contributed by atoms with E-state index >= 15 is 0 Å². The predicted molar refractivity (Wildman–Crippen MR) is 85.2 cm³/mol. The van der Waals surface area contributed by atoms with Crippen LogP contribution in [0.1, 0.15) is 44.5 Å². The van der Waals surface area contributed by atoms with Gasteiger partial charge in [0.1, 0.15) is 11.6 Å². The molecule has 0 amide bonds. The highest BCUT2D eigenvalue weighted by Crippen LogP contribution is 2.24. The highest BCUT2D eigenvalue weighted by atomic mass is 16.3. The second-order valence-corrected chi connectivity index (χ2v) is 5.77. The van der Waals surface area contributed by atoms with Crippen LogP contribution in [0.4, 0.5) is 5.82 Å². The Morgan fingerprint density at radius 3 is 2.57 bits per heavy atom. The van der Waals surface area contributed by atoms with Gasteiger partial charge in [0, 0.05) is 18.7 Å². The zero-order valence-corrected chi connectivity index (χ0v) is 12.9. The molecule has 1 heterocycles. The average Bonchev–Trinajstić information content (AvgIpc) is 2.48. The third kappa shape index (κ3) is 4.26. The first-order valence-electron chi connectivity index (χ1n) is 7.34. The minimum Gasteiger partial charge on any atom is -0.385 e. The quantitative estimate of drug-likeness (QED) is 0.855. The summed E-state index contributed by atoms with van der Waals surface area (Å²) in [5.41, 5.74) is 0.0830. The normalized spacial score (nSPS) is 14.0. The van der Waals surface area contributed by atoms with Gasteiger partial charge in [-0.15, -0.1) is 0 Å². The molecule has 0 bridgehead atoms. The number of benzene rings is 1. The Labute approximate surface area is 126 Å². The molecular formula is C17H23N3O. The number of aliphatic hydroxyl groups is 1. The number of nitrogens with one attached hydrogen (secondary N) is 1. The van der Waals surface area contributed by atoms with E-state index in [9.17, 15) is 5.11 Å².